The Bertz CT molecular complexity index is 1020. The summed E-state index contributed by atoms with van der Waals surface area (Å²) in [5.74, 6) is -0.168. The van der Waals surface area contributed by atoms with Crippen molar-refractivity contribution >= 4 is 22.9 Å². The molecule has 0 aliphatic heterocycles. The summed E-state index contributed by atoms with van der Waals surface area (Å²) < 4.78 is 0. The Morgan fingerprint density at radius 3 is 2.58 bits per heavy atom. The first-order chi connectivity index (χ1) is 12.5. The summed E-state index contributed by atoms with van der Waals surface area (Å²) in [6.07, 6.45) is 3.77. The topological polar surface area (TPSA) is 62.0 Å². The van der Waals surface area contributed by atoms with E-state index in [0.29, 0.717) is 18.5 Å². The first-order valence-electron chi connectivity index (χ1n) is 8.67. The lowest BCUT2D eigenvalue weighted by atomic mass is 10.0. The van der Waals surface area contributed by atoms with Gasteiger partial charge in [0.25, 0.3) is 5.56 Å². The molecule has 0 fully saturated rings. The van der Waals surface area contributed by atoms with Gasteiger partial charge in [-0.1, -0.05) is 42.5 Å². The number of hydrogen-bond acceptors (Lipinski definition) is 2. The highest BCUT2D eigenvalue weighted by Crippen LogP contribution is 2.19. The molecule has 1 amide bonds. The van der Waals surface area contributed by atoms with E-state index in [-0.39, 0.29) is 11.5 Å². The number of carbonyl (C=O) groups excluding carboxylic acids is 1. The van der Waals surface area contributed by atoms with E-state index in [1.807, 2.05) is 56.3 Å². The van der Waals surface area contributed by atoms with Gasteiger partial charge in [0.1, 0.15) is 0 Å². The summed E-state index contributed by atoms with van der Waals surface area (Å²) in [6.45, 7) is 4.42. The van der Waals surface area contributed by atoms with E-state index in [1.165, 1.54) is 6.08 Å². The van der Waals surface area contributed by atoms with Crippen LogP contribution in [0, 0.1) is 13.8 Å². The quantitative estimate of drug-likeness (QED) is 0.695. The Labute approximate surface area is 152 Å². The van der Waals surface area contributed by atoms with Crippen LogP contribution in [-0.2, 0) is 11.2 Å². The monoisotopic (exact) mass is 346 g/mol. The highest BCUT2D eigenvalue weighted by molar-refractivity contribution is 5.91. The van der Waals surface area contributed by atoms with E-state index >= 15 is 0 Å². The lowest BCUT2D eigenvalue weighted by Crippen LogP contribution is -2.25. The van der Waals surface area contributed by atoms with Gasteiger partial charge in [-0.15, -0.1) is 0 Å². The van der Waals surface area contributed by atoms with Gasteiger partial charge in [0.05, 0.1) is 5.52 Å². The van der Waals surface area contributed by atoms with Crippen LogP contribution in [0.1, 0.15) is 22.3 Å². The van der Waals surface area contributed by atoms with Gasteiger partial charge < -0.3 is 10.3 Å². The fraction of sp³-hybridized carbons (Fsp3) is 0.182. The lowest BCUT2D eigenvalue weighted by molar-refractivity contribution is -0.116. The molecule has 0 aliphatic rings. The summed E-state index contributed by atoms with van der Waals surface area (Å²) in [4.78, 5) is 27.2. The summed E-state index contributed by atoms with van der Waals surface area (Å²) in [6, 6.07) is 15.6. The molecule has 26 heavy (non-hydrogen) atoms. The molecule has 0 saturated heterocycles. The van der Waals surface area contributed by atoms with Gasteiger partial charge in [0, 0.05) is 23.6 Å². The van der Waals surface area contributed by atoms with Crippen molar-refractivity contribution in [2.24, 2.45) is 0 Å². The van der Waals surface area contributed by atoms with Crippen LogP contribution in [-0.4, -0.2) is 17.4 Å². The molecule has 1 heterocycles. The van der Waals surface area contributed by atoms with Crippen molar-refractivity contribution in [3.8, 4) is 0 Å². The van der Waals surface area contributed by atoms with E-state index in [4.69, 9.17) is 0 Å². The van der Waals surface area contributed by atoms with Crippen molar-refractivity contribution in [1.29, 1.82) is 0 Å². The standard InChI is InChI=1S/C22H22N2O2/c1-15-8-9-16(2)21-19(15)14-18(22(26)24-21)12-13-23-20(25)11-10-17-6-4-3-5-7-17/h3-11,14H,12-13H2,1-2H3,(H,23,25)(H,24,26)/b11-10+. The first kappa shape index (κ1) is 17.7. The summed E-state index contributed by atoms with van der Waals surface area (Å²) in [7, 11) is 0. The van der Waals surface area contributed by atoms with Crippen LogP contribution >= 0.6 is 0 Å². The van der Waals surface area contributed by atoms with Crippen LogP contribution in [0.15, 0.2) is 59.4 Å². The molecule has 3 rings (SSSR count). The van der Waals surface area contributed by atoms with Gasteiger partial charge in [-0.3, -0.25) is 9.59 Å². The van der Waals surface area contributed by atoms with Crippen molar-refractivity contribution in [2.45, 2.75) is 20.3 Å². The second-order valence-electron chi connectivity index (χ2n) is 6.40. The maximum atomic E-state index is 12.3. The van der Waals surface area contributed by atoms with Crippen LogP contribution in [0.25, 0.3) is 17.0 Å². The Balaban J connectivity index is 1.65. The summed E-state index contributed by atoms with van der Waals surface area (Å²) >= 11 is 0. The molecule has 2 aromatic carbocycles. The van der Waals surface area contributed by atoms with Gasteiger partial charge in [-0.05, 0) is 49.1 Å². The molecule has 0 bridgehead atoms. The predicted molar refractivity (Wildman–Crippen MR) is 106 cm³/mol. The van der Waals surface area contributed by atoms with Crippen molar-refractivity contribution in [2.75, 3.05) is 6.54 Å². The Morgan fingerprint density at radius 2 is 1.81 bits per heavy atom. The van der Waals surface area contributed by atoms with E-state index in [9.17, 15) is 9.59 Å². The van der Waals surface area contributed by atoms with Crippen molar-refractivity contribution in [1.82, 2.24) is 10.3 Å². The third kappa shape index (κ3) is 4.09. The molecule has 4 nitrogen and oxygen atoms in total. The van der Waals surface area contributed by atoms with Crippen LogP contribution in [0.4, 0.5) is 0 Å². The van der Waals surface area contributed by atoms with E-state index in [0.717, 1.165) is 27.6 Å². The summed E-state index contributed by atoms with van der Waals surface area (Å²) in [5, 5.41) is 3.87. The second kappa shape index (κ2) is 7.83. The lowest BCUT2D eigenvalue weighted by Gasteiger charge is -2.08. The van der Waals surface area contributed by atoms with Gasteiger partial charge in [-0.25, -0.2) is 0 Å². The maximum Gasteiger partial charge on any atom is 0.251 e. The van der Waals surface area contributed by atoms with Crippen LogP contribution in [0.3, 0.4) is 0 Å². The molecule has 0 radical (unpaired) electrons. The zero-order chi connectivity index (χ0) is 18.5. The highest BCUT2D eigenvalue weighted by Gasteiger charge is 2.07. The van der Waals surface area contributed by atoms with E-state index in [2.05, 4.69) is 16.4 Å². The molecule has 132 valence electrons. The number of H-pyrrole nitrogens is 1. The van der Waals surface area contributed by atoms with Crippen LogP contribution in [0.2, 0.25) is 0 Å². The summed E-state index contributed by atoms with van der Waals surface area (Å²) in [5.41, 5.74) is 4.61. The van der Waals surface area contributed by atoms with Crippen molar-refractivity contribution in [3.05, 3.63) is 87.2 Å². The molecule has 0 spiro atoms. The number of rotatable bonds is 5. The van der Waals surface area contributed by atoms with Crippen LogP contribution < -0.4 is 10.9 Å². The smallest absolute Gasteiger partial charge is 0.251 e. The number of carbonyl (C=O) groups is 1. The predicted octanol–water partition coefficient (Wildman–Crippen LogP) is 3.52. The molecular formula is C22H22N2O2. The highest BCUT2D eigenvalue weighted by atomic mass is 16.1. The largest absolute Gasteiger partial charge is 0.352 e. The fourth-order valence-corrected chi connectivity index (χ4v) is 2.92. The van der Waals surface area contributed by atoms with Gasteiger partial charge in [0.15, 0.2) is 0 Å². The average Bonchev–Trinajstić information content (AvgIpc) is 2.65. The maximum absolute atomic E-state index is 12.3. The minimum Gasteiger partial charge on any atom is -0.352 e. The number of fused-ring (bicyclic) bond motifs is 1. The van der Waals surface area contributed by atoms with Crippen LogP contribution in [0.5, 0.6) is 0 Å². The van der Waals surface area contributed by atoms with Crippen molar-refractivity contribution < 1.29 is 4.79 Å². The van der Waals surface area contributed by atoms with Crippen molar-refractivity contribution in [3.63, 3.8) is 0 Å². The molecule has 0 aliphatic carbocycles. The zero-order valence-electron chi connectivity index (χ0n) is 15.0. The molecule has 4 heteroatoms. The van der Waals surface area contributed by atoms with Gasteiger partial charge in [-0.2, -0.15) is 0 Å². The second-order valence-corrected chi connectivity index (χ2v) is 6.40. The Hall–Kier alpha value is -3.14. The molecule has 2 N–H and O–H groups in total. The molecular weight excluding hydrogens is 324 g/mol. The van der Waals surface area contributed by atoms with E-state index in [1.54, 1.807) is 6.08 Å². The fourth-order valence-electron chi connectivity index (χ4n) is 2.92. The minimum absolute atomic E-state index is 0.0970. The number of aryl methyl sites for hydroxylation is 2. The SMILES string of the molecule is Cc1ccc(C)c2[nH]c(=O)c(CCNC(=O)/C=C/c3ccccc3)cc12. The number of aromatic amines is 1. The Kier molecular flexibility index (Phi) is 5.32. The van der Waals surface area contributed by atoms with E-state index < -0.39 is 0 Å². The Morgan fingerprint density at radius 1 is 1.08 bits per heavy atom. The molecule has 1 aromatic heterocycles. The molecule has 0 unspecified atom stereocenters. The zero-order valence-corrected chi connectivity index (χ0v) is 15.0. The number of pyridine rings is 1. The molecule has 3 aromatic rings. The third-order valence-corrected chi connectivity index (χ3v) is 4.44. The number of benzene rings is 2. The molecule has 0 saturated carbocycles. The normalized spacial score (nSPS) is 11.2. The van der Waals surface area contributed by atoms with Gasteiger partial charge >= 0.3 is 0 Å². The minimum atomic E-state index is -0.168. The third-order valence-electron chi connectivity index (χ3n) is 4.44. The number of amides is 1. The number of aromatic nitrogens is 1. The van der Waals surface area contributed by atoms with Gasteiger partial charge in [0.2, 0.25) is 5.91 Å². The first-order valence-corrected chi connectivity index (χ1v) is 8.67. The number of hydrogen-bond donors (Lipinski definition) is 2. The number of nitrogens with one attached hydrogen (secondary N) is 2. The molecule has 0 atom stereocenters. The average molecular weight is 346 g/mol.